The van der Waals surface area contributed by atoms with Gasteiger partial charge in [0.2, 0.25) is 0 Å². The summed E-state index contributed by atoms with van der Waals surface area (Å²) < 4.78 is 0. The van der Waals surface area contributed by atoms with Crippen molar-refractivity contribution in [2.45, 2.75) is 6.54 Å². The Labute approximate surface area is 145 Å². The summed E-state index contributed by atoms with van der Waals surface area (Å²) in [6.45, 7) is 0.478. The van der Waals surface area contributed by atoms with Crippen LogP contribution in [0.4, 0.5) is 11.4 Å². The number of hydrogen-bond donors (Lipinski definition) is 2. The van der Waals surface area contributed by atoms with E-state index >= 15 is 0 Å². The van der Waals surface area contributed by atoms with Crippen molar-refractivity contribution in [3.05, 3.63) is 89.2 Å². The van der Waals surface area contributed by atoms with Crippen LogP contribution in [0.5, 0.6) is 0 Å². The highest BCUT2D eigenvalue weighted by molar-refractivity contribution is 6.30. The smallest absolute Gasteiger partial charge is 0.270 e. The Morgan fingerprint density at radius 2 is 1.62 bits per heavy atom. The predicted molar refractivity (Wildman–Crippen MR) is 96.6 cm³/mol. The molecule has 0 aliphatic carbocycles. The van der Waals surface area contributed by atoms with Gasteiger partial charge in [0.25, 0.3) is 5.91 Å². The average molecular weight is 338 g/mol. The topological polar surface area (TPSA) is 54.0 Å². The highest BCUT2D eigenvalue weighted by Gasteiger charge is 2.07. The number of amides is 1. The maximum atomic E-state index is 12.1. The zero-order valence-electron chi connectivity index (χ0n) is 12.9. The van der Waals surface area contributed by atoms with Gasteiger partial charge in [-0.25, -0.2) is 4.98 Å². The van der Waals surface area contributed by atoms with Crippen LogP contribution in [-0.4, -0.2) is 10.9 Å². The predicted octanol–water partition coefficient (Wildman–Crippen LogP) is 4.41. The number of carbonyl (C=O) groups excluding carboxylic acids is 1. The quantitative estimate of drug-likeness (QED) is 0.725. The maximum Gasteiger partial charge on any atom is 0.270 e. The molecule has 3 rings (SSSR count). The van der Waals surface area contributed by atoms with E-state index in [1.165, 1.54) is 0 Å². The van der Waals surface area contributed by atoms with Crippen LogP contribution in [0.15, 0.2) is 72.9 Å². The highest BCUT2D eigenvalue weighted by atomic mass is 35.5. The number of rotatable bonds is 5. The molecule has 4 nitrogen and oxygen atoms in total. The highest BCUT2D eigenvalue weighted by Crippen LogP contribution is 2.18. The molecule has 0 aliphatic heterocycles. The van der Waals surface area contributed by atoms with Gasteiger partial charge in [0.15, 0.2) is 0 Å². The Morgan fingerprint density at radius 3 is 2.29 bits per heavy atom. The summed E-state index contributed by atoms with van der Waals surface area (Å²) in [6.07, 6.45) is 1.63. The Hall–Kier alpha value is -2.85. The number of nitrogens with one attached hydrogen (secondary N) is 2. The second-order valence-electron chi connectivity index (χ2n) is 5.23. The molecule has 0 saturated carbocycles. The number of pyridine rings is 1. The van der Waals surface area contributed by atoms with E-state index in [2.05, 4.69) is 15.6 Å². The molecule has 24 heavy (non-hydrogen) atoms. The summed E-state index contributed by atoms with van der Waals surface area (Å²) in [6, 6.07) is 20.6. The Morgan fingerprint density at radius 1 is 0.917 bits per heavy atom. The molecule has 1 aromatic heterocycles. The van der Waals surface area contributed by atoms with Crippen LogP contribution in [0.1, 0.15) is 16.1 Å². The van der Waals surface area contributed by atoms with E-state index in [-0.39, 0.29) is 5.91 Å². The monoisotopic (exact) mass is 337 g/mol. The van der Waals surface area contributed by atoms with Crippen LogP contribution >= 0.6 is 11.6 Å². The third-order valence-electron chi connectivity index (χ3n) is 3.42. The summed E-state index contributed by atoms with van der Waals surface area (Å²) in [7, 11) is 0. The molecule has 2 N–H and O–H groups in total. The molecule has 0 spiro atoms. The number of aromatic nitrogens is 1. The van der Waals surface area contributed by atoms with E-state index in [0.717, 1.165) is 16.9 Å². The minimum atomic E-state index is -0.197. The van der Waals surface area contributed by atoms with Crippen LogP contribution in [0, 0.1) is 0 Å². The van der Waals surface area contributed by atoms with Gasteiger partial charge in [0, 0.05) is 17.3 Å². The molecule has 1 heterocycles. The van der Waals surface area contributed by atoms with Gasteiger partial charge in [0.1, 0.15) is 5.69 Å². The van der Waals surface area contributed by atoms with Gasteiger partial charge in [-0.3, -0.25) is 4.79 Å². The van der Waals surface area contributed by atoms with Gasteiger partial charge < -0.3 is 10.6 Å². The molecule has 0 bridgehead atoms. The zero-order chi connectivity index (χ0) is 16.8. The first kappa shape index (κ1) is 16.0. The summed E-state index contributed by atoms with van der Waals surface area (Å²) in [5, 5.41) is 6.74. The average Bonchev–Trinajstić information content (AvgIpc) is 2.63. The minimum Gasteiger partial charge on any atom is -0.354 e. The molecule has 0 fully saturated rings. The largest absolute Gasteiger partial charge is 0.354 e. The van der Waals surface area contributed by atoms with E-state index in [9.17, 15) is 4.79 Å². The number of benzene rings is 2. The van der Waals surface area contributed by atoms with Gasteiger partial charge in [0.05, 0.1) is 11.9 Å². The first-order valence-electron chi connectivity index (χ1n) is 7.51. The van der Waals surface area contributed by atoms with Crippen molar-refractivity contribution in [3.63, 3.8) is 0 Å². The van der Waals surface area contributed by atoms with Crippen LogP contribution < -0.4 is 10.6 Å². The minimum absolute atomic E-state index is 0.197. The second-order valence-corrected chi connectivity index (χ2v) is 5.67. The number of carbonyl (C=O) groups is 1. The van der Waals surface area contributed by atoms with Gasteiger partial charge in [-0.05, 0) is 42.0 Å². The molecule has 3 aromatic rings. The number of halogens is 1. The normalized spacial score (nSPS) is 10.2. The molecule has 0 radical (unpaired) electrons. The Kier molecular flexibility index (Phi) is 5.08. The molecule has 1 amide bonds. The van der Waals surface area contributed by atoms with Crippen molar-refractivity contribution in [2.24, 2.45) is 0 Å². The van der Waals surface area contributed by atoms with Crippen molar-refractivity contribution >= 4 is 28.9 Å². The third kappa shape index (κ3) is 4.33. The van der Waals surface area contributed by atoms with Crippen molar-refractivity contribution in [1.29, 1.82) is 0 Å². The second kappa shape index (κ2) is 7.62. The number of hydrogen-bond acceptors (Lipinski definition) is 3. The summed E-state index contributed by atoms with van der Waals surface area (Å²) in [5.74, 6) is -0.197. The fraction of sp³-hybridized carbons (Fsp3) is 0.0526. The van der Waals surface area contributed by atoms with Crippen molar-refractivity contribution in [2.75, 3.05) is 5.32 Å². The summed E-state index contributed by atoms with van der Waals surface area (Å²) >= 11 is 5.86. The van der Waals surface area contributed by atoms with Crippen LogP contribution in [-0.2, 0) is 6.54 Å². The summed E-state index contributed by atoms with van der Waals surface area (Å²) in [4.78, 5) is 16.3. The number of nitrogens with zero attached hydrogens (tertiary/aromatic N) is 1. The number of anilines is 2. The fourth-order valence-corrected chi connectivity index (χ4v) is 2.30. The molecule has 0 saturated heterocycles. The molecular formula is C19H16ClN3O. The van der Waals surface area contributed by atoms with Gasteiger partial charge in [-0.1, -0.05) is 41.9 Å². The SMILES string of the molecule is O=C(NCc1ccccc1)c1ccc(Nc2ccc(Cl)cc2)cn1. The Bertz CT molecular complexity index is 802. The summed E-state index contributed by atoms with van der Waals surface area (Å²) in [5.41, 5.74) is 3.14. The van der Waals surface area contributed by atoms with Crippen LogP contribution in [0.25, 0.3) is 0 Å². The Balaban J connectivity index is 1.59. The van der Waals surface area contributed by atoms with E-state index in [1.807, 2.05) is 60.7 Å². The van der Waals surface area contributed by atoms with E-state index in [4.69, 9.17) is 11.6 Å². The van der Waals surface area contributed by atoms with Crippen molar-refractivity contribution in [1.82, 2.24) is 10.3 Å². The van der Waals surface area contributed by atoms with Crippen LogP contribution in [0.3, 0.4) is 0 Å². The zero-order valence-corrected chi connectivity index (χ0v) is 13.6. The van der Waals surface area contributed by atoms with Gasteiger partial charge in [-0.2, -0.15) is 0 Å². The standard InChI is InChI=1S/C19H16ClN3O/c20-15-6-8-16(9-7-15)23-17-10-11-18(21-13-17)19(24)22-12-14-4-2-1-3-5-14/h1-11,13,23H,12H2,(H,22,24). The maximum absolute atomic E-state index is 12.1. The molecule has 0 aliphatic rings. The van der Waals surface area contributed by atoms with Gasteiger partial charge >= 0.3 is 0 Å². The van der Waals surface area contributed by atoms with Gasteiger partial charge in [-0.15, -0.1) is 0 Å². The first-order chi connectivity index (χ1) is 11.7. The van der Waals surface area contributed by atoms with Crippen molar-refractivity contribution in [3.8, 4) is 0 Å². The van der Waals surface area contributed by atoms with E-state index < -0.39 is 0 Å². The molecule has 0 unspecified atom stereocenters. The van der Waals surface area contributed by atoms with E-state index in [0.29, 0.717) is 17.3 Å². The first-order valence-corrected chi connectivity index (χ1v) is 7.89. The lowest BCUT2D eigenvalue weighted by Gasteiger charge is -2.08. The van der Waals surface area contributed by atoms with Crippen LogP contribution in [0.2, 0.25) is 5.02 Å². The van der Waals surface area contributed by atoms with E-state index in [1.54, 1.807) is 12.3 Å². The third-order valence-corrected chi connectivity index (χ3v) is 3.68. The molecular weight excluding hydrogens is 322 g/mol. The molecule has 5 heteroatoms. The molecule has 120 valence electrons. The van der Waals surface area contributed by atoms with Crippen molar-refractivity contribution < 1.29 is 4.79 Å². The lowest BCUT2D eigenvalue weighted by molar-refractivity contribution is 0.0946. The molecule has 0 atom stereocenters. The molecule has 2 aromatic carbocycles. The lowest BCUT2D eigenvalue weighted by Crippen LogP contribution is -2.23. The lowest BCUT2D eigenvalue weighted by atomic mass is 10.2. The fourth-order valence-electron chi connectivity index (χ4n) is 2.17.